The van der Waals surface area contributed by atoms with Crippen LogP contribution in [0.15, 0.2) is 65.5 Å². The van der Waals surface area contributed by atoms with Crippen LogP contribution >= 0.6 is 0 Å². The van der Waals surface area contributed by atoms with Crippen molar-refractivity contribution in [3.63, 3.8) is 0 Å². The molecule has 0 radical (unpaired) electrons. The molecular weight excluding hydrogens is 486 g/mol. The normalized spacial score (nSPS) is 12.5. The summed E-state index contributed by atoms with van der Waals surface area (Å²) >= 11 is 0. The van der Waals surface area contributed by atoms with Crippen molar-refractivity contribution in [2.75, 3.05) is 31.5 Å². The van der Waals surface area contributed by atoms with Gasteiger partial charge in [0.25, 0.3) is 0 Å². The second kappa shape index (κ2) is 14.0. The van der Waals surface area contributed by atoms with Gasteiger partial charge in [-0.2, -0.15) is 0 Å². The molecule has 0 unspecified atom stereocenters. The Bertz CT molecular complexity index is 1290. The molecule has 11 heteroatoms. The molecule has 0 aliphatic carbocycles. The summed E-state index contributed by atoms with van der Waals surface area (Å²) in [5.74, 6) is -1.30. The number of aromatic nitrogens is 1. The van der Waals surface area contributed by atoms with Crippen LogP contribution in [-0.2, 0) is 20.8 Å². The summed E-state index contributed by atoms with van der Waals surface area (Å²) in [6.07, 6.45) is 0.520. The Morgan fingerprint density at radius 1 is 0.921 bits per heavy atom. The van der Waals surface area contributed by atoms with Gasteiger partial charge in [0.05, 0.1) is 18.0 Å². The molecule has 0 spiro atoms. The number of H-pyrrole nitrogens is 1. The number of amides is 3. The molecule has 2 aromatic carbocycles. The summed E-state index contributed by atoms with van der Waals surface area (Å²) in [6, 6.07) is 15.6. The highest BCUT2D eigenvalue weighted by atomic mass is 16.2. The third-order valence-corrected chi connectivity index (χ3v) is 6.07. The van der Waals surface area contributed by atoms with Crippen LogP contribution in [0.3, 0.4) is 0 Å². The number of benzene rings is 2. The Hall–Kier alpha value is -4.06. The van der Waals surface area contributed by atoms with Gasteiger partial charge >= 0.3 is 0 Å². The van der Waals surface area contributed by atoms with Crippen molar-refractivity contribution in [2.24, 2.45) is 17.2 Å². The van der Waals surface area contributed by atoms with Gasteiger partial charge in [-0.1, -0.05) is 42.5 Å². The first-order valence-corrected chi connectivity index (χ1v) is 12.5. The van der Waals surface area contributed by atoms with Gasteiger partial charge < -0.3 is 37.7 Å². The maximum absolute atomic E-state index is 13.2. The maximum atomic E-state index is 13.2. The molecule has 38 heavy (non-hydrogen) atoms. The van der Waals surface area contributed by atoms with E-state index in [-0.39, 0.29) is 43.1 Å². The smallest absolute Gasteiger partial charge is 0.248 e. The third kappa shape index (κ3) is 7.97. The van der Waals surface area contributed by atoms with E-state index in [4.69, 9.17) is 17.2 Å². The van der Waals surface area contributed by atoms with Gasteiger partial charge in [0, 0.05) is 37.6 Å². The van der Waals surface area contributed by atoms with Crippen molar-refractivity contribution in [3.8, 4) is 0 Å². The molecule has 2 atom stereocenters. The molecule has 0 aliphatic heterocycles. The monoisotopic (exact) mass is 521 g/mol. The summed E-state index contributed by atoms with van der Waals surface area (Å²) in [6.45, 7) is 1.12. The van der Waals surface area contributed by atoms with Crippen molar-refractivity contribution in [3.05, 3.63) is 76.5 Å². The number of anilines is 1. The van der Waals surface area contributed by atoms with E-state index >= 15 is 0 Å². The van der Waals surface area contributed by atoms with Crippen LogP contribution in [0.4, 0.5) is 5.82 Å². The summed E-state index contributed by atoms with van der Waals surface area (Å²) < 4.78 is 0. The quantitative estimate of drug-likeness (QED) is 0.183. The second-order valence-electron chi connectivity index (χ2n) is 8.94. The molecule has 3 rings (SSSR count). The lowest BCUT2D eigenvalue weighted by Crippen LogP contribution is -2.52. The van der Waals surface area contributed by atoms with Crippen LogP contribution in [0.1, 0.15) is 18.4 Å². The molecule has 202 valence electrons. The highest BCUT2D eigenvalue weighted by molar-refractivity contribution is 5.98. The first kappa shape index (κ1) is 28.5. The van der Waals surface area contributed by atoms with Gasteiger partial charge in [0.15, 0.2) is 5.43 Å². The second-order valence-corrected chi connectivity index (χ2v) is 8.94. The Kier molecular flexibility index (Phi) is 10.5. The predicted molar refractivity (Wildman–Crippen MR) is 147 cm³/mol. The zero-order chi connectivity index (χ0) is 27.5. The van der Waals surface area contributed by atoms with E-state index in [9.17, 15) is 19.2 Å². The topological polar surface area (TPSA) is 189 Å². The molecule has 0 saturated heterocycles. The number of para-hydroxylation sites is 1. The zero-order valence-electron chi connectivity index (χ0n) is 21.2. The molecule has 3 amide bonds. The van der Waals surface area contributed by atoms with Crippen molar-refractivity contribution >= 4 is 34.4 Å². The molecule has 0 fully saturated rings. The highest BCUT2D eigenvalue weighted by Crippen LogP contribution is 2.12. The van der Waals surface area contributed by atoms with Crippen LogP contribution in [-0.4, -0.2) is 65.9 Å². The predicted octanol–water partition coefficient (Wildman–Crippen LogP) is 0.0476. The number of carbonyl (C=O) groups excluding carboxylic acids is 3. The molecule has 1 aromatic heterocycles. The van der Waals surface area contributed by atoms with Gasteiger partial charge in [-0.25, -0.2) is 0 Å². The van der Waals surface area contributed by atoms with Crippen molar-refractivity contribution in [1.29, 1.82) is 0 Å². The van der Waals surface area contributed by atoms with E-state index in [0.717, 1.165) is 5.56 Å². The van der Waals surface area contributed by atoms with E-state index in [1.165, 1.54) is 11.0 Å². The van der Waals surface area contributed by atoms with Crippen LogP contribution in [0.2, 0.25) is 0 Å². The fraction of sp³-hybridized carbons (Fsp3) is 0.333. The van der Waals surface area contributed by atoms with Gasteiger partial charge in [-0.3, -0.25) is 19.2 Å². The number of pyridine rings is 1. The van der Waals surface area contributed by atoms with Crippen molar-refractivity contribution in [1.82, 2.24) is 15.2 Å². The average molecular weight is 522 g/mol. The number of aromatic amines is 1. The highest BCUT2D eigenvalue weighted by Gasteiger charge is 2.26. The summed E-state index contributed by atoms with van der Waals surface area (Å²) in [7, 11) is 0. The minimum Gasteiger partial charge on any atom is -0.343 e. The van der Waals surface area contributed by atoms with Crippen LogP contribution < -0.4 is 33.3 Å². The molecule has 9 N–H and O–H groups in total. The van der Waals surface area contributed by atoms with E-state index in [1.54, 1.807) is 24.3 Å². The van der Waals surface area contributed by atoms with E-state index in [0.29, 0.717) is 30.4 Å². The van der Waals surface area contributed by atoms with Crippen LogP contribution in [0, 0.1) is 0 Å². The SMILES string of the molecule is NCCN(CCN)C(=O)C[C@H](N)C(=O)N[C@@H](CCc1ccccc1)C(=O)Nc1cc(=O)c2ccccc2[nH]1. The number of nitrogens with zero attached hydrogens (tertiary/aromatic N) is 1. The summed E-state index contributed by atoms with van der Waals surface area (Å²) in [5, 5.41) is 5.87. The lowest BCUT2D eigenvalue weighted by Gasteiger charge is -2.24. The maximum Gasteiger partial charge on any atom is 0.248 e. The van der Waals surface area contributed by atoms with Crippen molar-refractivity contribution < 1.29 is 14.4 Å². The van der Waals surface area contributed by atoms with Gasteiger partial charge in [0.2, 0.25) is 17.7 Å². The Labute approximate surface area is 220 Å². The largest absolute Gasteiger partial charge is 0.343 e. The Balaban J connectivity index is 1.73. The number of hydrogen-bond donors (Lipinski definition) is 6. The fourth-order valence-electron chi connectivity index (χ4n) is 4.07. The molecule has 11 nitrogen and oxygen atoms in total. The van der Waals surface area contributed by atoms with Gasteiger partial charge in [0.1, 0.15) is 11.9 Å². The van der Waals surface area contributed by atoms with Crippen LogP contribution in [0.5, 0.6) is 0 Å². The van der Waals surface area contributed by atoms with Gasteiger partial charge in [-0.15, -0.1) is 0 Å². The van der Waals surface area contributed by atoms with E-state index < -0.39 is 23.9 Å². The number of aryl methyl sites for hydroxylation is 1. The minimum absolute atomic E-state index is 0.205. The van der Waals surface area contributed by atoms with Crippen LogP contribution in [0.25, 0.3) is 10.9 Å². The molecule has 3 aromatic rings. The summed E-state index contributed by atoms with van der Waals surface area (Å²) in [5.41, 5.74) is 18.5. The number of nitrogens with one attached hydrogen (secondary N) is 3. The lowest BCUT2D eigenvalue weighted by atomic mass is 10.0. The van der Waals surface area contributed by atoms with Crippen molar-refractivity contribution in [2.45, 2.75) is 31.3 Å². The Morgan fingerprint density at radius 2 is 1.58 bits per heavy atom. The first-order chi connectivity index (χ1) is 18.3. The standard InChI is InChI=1S/C27H35N7O4/c28-12-14-34(15-13-29)25(36)16-20(30)26(37)32-22(11-10-18-6-2-1-3-7-18)27(38)33-24-17-23(35)19-8-4-5-9-21(19)31-24/h1-9,17,20,22H,10-16,28-30H2,(H,32,37)(H2,31,33,35,38)/t20-,22-/m0/s1. The molecule has 0 saturated carbocycles. The third-order valence-electron chi connectivity index (χ3n) is 6.07. The number of hydrogen-bond acceptors (Lipinski definition) is 7. The van der Waals surface area contributed by atoms with Gasteiger partial charge in [-0.05, 0) is 30.5 Å². The van der Waals surface area contributed by atoms with E-state index in [2.05, 4.69) is 15.6 Å². The number of nitrogens with two attached hydrogens (primary N) is 3. The number of carbonyl (C=O) groups is 3. The first-order valence-electron chi connectivity index (χ1n) is 12.5. The van der Waals surface area contributed by atoms with E-state index in [1.807, 2.05) is 30.3 Å². The summed E-state index contributed by atoms with van der Waals surface area (Å²) in [4.78, 5) is 55.7. The molecule has 0 aliphatic rings. The molecule has 1 heterocycles. The molecular formula is C27H35N7O4. The zero-order valence-corrected chi connectivity index (χ0v) is 21.2. The number of rotatable bonds is 13. The fourth-order valence-corrected chi connectivity index (χ4v) is 4.07. The number of fused-ring (bicyclic) bond motifs is 1. The Morgan fingerprint density at radius 3 is 2.26 bits per heavy atom. The average Bonchev–Trinajstić information content (AvgIpc) is 2.91. The molecule has 0 bridgehead atoms. The minimum atomic E-state index is -1.17. The lowest BCUT2D eigenvalue weighted by molar-refractivity contribution is -0.134.